The first-order valence-corrected chi connectivity index (χ1v) is 11.0. The number of fused-ring (bicyclic) bond motifs is 6. The Bertz CT molecular complexity index is 1770. The Balaban J connectivity index is 1.72. The van der Waals surface area contributed by atoms with Crippen molar-refractivity contribution in [2.24, 2.45) is 0 Å². The minimum atomic E-state index is 1.18. The molecule has 2 nitrogen and oxygen atoms in total. The molecule has 32 heavy (non-hydrogen) atoms. The molecule has 0 aliphatic heterocycles. The second kappa shape index (κ2) is 6.60. The molecule has 0 atom stereocenters. The molecule has 0 radical (unpaired) electrons. The Labute approximate surface area is 185 Å². The van der Waals surface area contributed by atoms with Crippen LogP contribution in [0.25, 0.3) is 55.0 Å². The highest BCUT2D eigenvalue weighted by molar-refractivity contribution is 6.21. The van der Waals surface area contributed by atoms with Gasteiger partial charge in [0.25, 0.3) is 0 Å². The molecule has 2 heteroatoms. The van der Waals surface area contributed by atoms with E-state index in [2.05, 4.69) is 130 Å². The van der Waals surface area contributed by atoms with E-state index in [0.717, 1.165) is 0 Å². The molecular weight excluding hydrogens is 388 g/mol. The summed E-state index contributed by atoms with van der Waals surface area (Å²) in [7, 11) is 0. The van der Waals surface area contributed by atoms with Crippen LogP contribution in [0.1, 0.15) is 0 Å². The van der Waals surface area contributed by atoms with E-state index in [1.165, 1.54) is 55.0 Å². The number of nitrogens with zero attached hydrogens (tertiary/aromatic N) is 2. The van der Waals surface area contributed by atoms with Gasteiger partial charge in [0.1, 0.15) is 0 Å². The monoisotopic (exact) mass is 408 g/mol. The zero-order valence-corrected chi connectivity index (χ0v) is 17.4. The number of pyridine rings is 1. The zero-order chi connectivity index (χ0) is 21.1. The van der Waals surface area contributed by atoms with Gasteiger partial charge in [-0.3, -0.25) is 0 Å². The average molecular weight is 409 g/mol. The van der Waals surface area contributed by atoms with Gasteiger partial charge in [0.05, 0.1) is 22.2 Å². The lowest BCUT2D eigenvalue weighted by Gasteiger charge is -2.12. The van der Waals surface area contributed by atoms with Crippen molar-refractivity contribution in [1.82, 2.24) is 8.97 Å². The van der Waals surface area contributed by atoms with Crippen molar-refractivity contribution < 1.29 is 0 Å². The van der Waals surface area contributed by atoms with Gasteiger partial charge in [0.2, 0.25) is 0 Å². The summed E-state index contributed by atoms with van der Waals surface area (Å²) in [6.07, 6.45) is 2.18. The molecule has 0 spiro atoms. The van der Waals surface area contributed by atoms with E-state index in [-0.39, 0.29) is 0 Å². The van der Waals surface area contributed by atoms with Crippen molar-refractivity contribution >= 4 is 38.1 Å². The van der Waals surface area contributed by atoms with Crippen LogP contribution < -0.4 is 0 Å². The lowest BCUT2D eigenvalue weighted by atomic mass is 10.1. The van der Waals surface area contributed by atoms with E-state index in [4.69, 9.17) is 0 Å². The second-order valence-corrected chi connectivity index (χ2v) is 8.28. The Morgan fingerprint density at radius 3 is 2.16 bits per heavy atom. The van der Waals surface area contributed by atoms with Crippen LogP contribution in [0.3, 0.4) is 0 Å². The standard InChI is InChI=1S/C30H20N2/c1-2-11-22(12-3-1)29-30-28(27-16-8-9-19-31(27)29)25-14-6-7-15-26(25)32(30)24-18-17-21-10-4-5-13-23(21)20-24/h1-20H. The second-order valence-electron chi connectivity index (χ2n) is 8.28. The smallest absolute Gasteiger partial charge is 0.0809 e. The number of benzene rings is 4. The van der Waals surface area contributed by atoms with Gasteiger partial charge in [-0.05, 0) is 41.1 Å². The van der Waals surface area contributed by atoms with Gasteiger partial charge in [0.15, 0.2) is 0 Å². The van der Waals surface area contributed by atoms with Gasteiger partial charge in [0, 0.05) is 28.2 Å². The summed E-state index contributed by atoms with van der Waals surface area (Å²) in [5, 5.41) is 5.09. The van der Waals surface area contributed by atoms with Gasteiger partial charge in [-0.25, -0.2) is 0 Å². The van der Waals surface area contributed by atoms with E-state index < -0.39 is 0 Å². The molecule has 7 rings (SSSR count). The number of hydrogen-bond donors (Lipinski definition) is 0. The predicted octanol–water partition coefficient (Wildman–Crippen LogP) is 7.86. The molecule has 0 amide bonds. The minimum Gasteiger partial charge on any atom is -0.314 e. The SMILES string of the molecule is c1ccc(-c2c3c(c4ccccc4n3-c3ccc4ccccc4c3)c3ccccn23)cc1. The van der Waals surface area contributed by atoms with Crippen LogP contribution in [-0.4, -0.2) is 8.97 Å². The molecule has 3 heterocycles. The largest absolute Gasteiger partial charge is 0.314 e. The molecule has 0 fully saturated rings. The maximum atomic E-state index is 2.44. The van der Waals surface area contributed by atoms with Crippen LogP contribution in [0.2, 0.25) is 0 Å². The van der Waals surface area contributed by atoms with Crippen molar-refractivity contribution in [2.45, 2.75) is 0 Å². The summed E-state index contributed by atoms with van der Waals surface area (Å²) in [4.78, 5) is 0. The molecule has 0 N–H and O–H groups in total. The highest BCUT2D eigenvalue weighted by Crippen LogP contribution is 2.42. The molecule has 150 valence electrons. The van der Waals surface area contributed by atoms with Gasteiger partial charge < -0.3 is 8.97 Å². The fourth-order valence-electron chi connectivity index (χ4n) is 5.14. The molecule has 0 aliphatic carbocycles. The first-order valence-electron chi connectivity index (χ1n) is 11.0. The van der Waals surface area contributed by atoms with Crippen LogP contribution >= 0.6 is 0 Å². The Kier molecular flexibility index (Phi) is 3.58. The quantitative estimate of drug-likeness (QED) is 0.275. The molecule has 7 aromatic rings. The topological polar surface area (TPSA) is 9.34 Å². The maximum absolute atomic E-state index is 2.44. The molecule has 0 bridgehead atoms. The molecule has 0 aliphatic rings. The van der Waals surface area contributed by atoms with Crippen LogP contribution in [0.15, 0.2) is 121 Å². The van der Waals surface area contributed by atoms with Gasteiger partial charge in [-0.15, -0.1) is 0 Å². The summed E-state index contributed by atoms with van der Waals surface area (Å²) in [5.41, 5.74) is 7.34. The Morgan fingerprint density at radius 1 is 0.531 bits per heavy atom. The van der Waals surface area contributed by atoms with E-state index in [1.54, 1.807) is 0 Å². The fourth-order valence-corrected chi connectivity index (χ4v) is 5.14. The predicted molar refractivity (Wildman–Crippen MR) is 135 cm³/mol. The first kappa shape index (κ1) is 17.4. The van der Waals surface area contributed by atoms with Crippen molar-refractivity contribution in [1.29, 1.82) is 0 Å². The summed E-state index contributed by atoms with van der Waals surface area (Å²) >= 11 is 0. The highest BCUT2D eigenvalue weighted by Gasteiger charge is 2.22. The number of hydrogen-bond acceptors (Lipinski definition) is 0. The normalized spacial score (nSPS) is 11.8. The summed E-state index contributed by atoms with van der Waals surface area (Å²) in [5.74, 6) is 0. The Morgan fingerprint density at radius 2 is 1.25 bits per heavy atom. The van der Waals surface area contributed by atoms with Crippen LogP contribution in [0.4, 0.5) is 0 Å². The average Bonchev–Trinajstić information content (AvgIpc) is 3.37. The van der Waals surface area contributed by atoms with Crippen molar-refractivity contribution in [2.75, 3.05) is 0 Å². The summed E-state index contributed by atoms with van der Waals surface area (Å²) in [6, 6.07) is 41.3. The zero-order valence-electron chi connectivity index (χ0n) is 17.4. The van der Waals surface area contributed by atoms with Crippen LogP contribution in [0, 0.1) is 0 Å². The number of para-hydroxylation sites is 1. The summed E-state index contributed by atoms with van der Waals surface area (Å²) < 4.78 is 4.77. The lowest BCUT2D eigenvalue weighted by molar-refractivity contribution is 1.16. The van der Waals surface area contributed by atoms with Crippen LogP contribution in [0.5, 0.6) is 0 Å². The molecule has 0 unspecified atom stereocenters. The number of rotatable bonds is 2. The minimum absolute atomic E-state index is 1.18. The molecule has 4 aromatic carbocycles. The maximum Gasteiger partial charge on any atom is 0.0809 e. The van der Waals surface area contributed by atoms with Gasteiger partial charge >= 0.3 is 0 Å². The van der Waals surface area contributed by atoms with Crippen molar-refractivity contribution in [3.8, 4) is 16.9 Å². The fraction of sp³-hybridized carbons (Fsp3) is 0. The van der Waals surface area contributed by atoms with Gasteiger partial charge in [-0.2, -0.15) is 0 Å². The Hall–Kier alpha value is -4.30. The van der Waals surface area contributed by atoms with Crippen molar-refractivity contribution in [3.63, 3.8) is 0 Å². The van der Waals surface area contributed by atoms with Gasteiger partial charge in [-0.1, -0.05) is 84.9 Å². The van der Waals surface area contributed by atoms with E-state index in [0.29, 0.717) is 0 Å². The lowest BCUT2D eigenvalue weighted by Crippen LogP contribution is -1.96. The third kappa shape index (κ3) is 2.35. The molecule has 0 saturated carbocycles. The van der Waals surface area contributed by atoms with E-state index in [9.17, 15) is 0 Å². The first-order chi connectivity index (χ1) is 15.9. The van der Waals surface area contributed by atoms with E-state index >= 15 is 0 Å². The molecular formula is C30H20N2. The molecule has 0 saturated heterocycles. The highest BCUT2D eigenvalue weighted by atomic mass is 15.0. The summed E-state index contributed by atoms with van der Waals surface area (Å²) in [6.45, 7) is 0. The third-order valence-electron chi connectivity index (χ3n) is 6.49. The third-order valence-corrected chi connectivity index (χ3v) is 6.49. The van der Waals surface area contributed by atoms with Crippen LogP contribution in [-0.2, 0) is 0 Å². The van der Waals surface area contributed by atoms with E-state index in [1.807, 2.05) is 0 Å². The number of aromatic nitrogens is 2. The van der Waals surface area contributed by atoms with Crippen molar-refractivity contribution in [3.05, 3.63) is 121 Å². The molecule has 3 aromatic heterocycles.